The van der Waals surface area contributed by atoms with Crippen LogP contribution in [0.25, 0.3) is 0 Å². The number of benzene rings is 1. The first-order chi connectivity index (χ1) is 9.25. The quantitative estimate of drug-likeness (QED) is 0.816. The molecule has 0 heterocycles. The molecule has 0 radical (unpaired) electrons. The lowest BCUT2D eigenvalue weighted by molar-refractivity contribution is 0.278. The van der Waals surface area contributed by atoms with E-state index in [2.05, 4.69) is 6.92 Å². The molecule has 0 aliphatic carbocycles. The lowest BCUT2D eigenvalue weighted by atomic mass is 9.78. The molecule has 2 N–H and O–H groups in total. The van der Waals surface area contributed by atoms with Crippen LogP contribution in [0.1, 0.15) is 65.2 Å². The van der Waals surface area contributed by atoms with Crippen LogP contribution in [-0.4, -0.2) is 9.79 Å². The molecule has 0 aromatic heterocycles. The molecule has 0 amide bonds. The molecule has 120 valence electrons. The summed E-state index contributed by atoms with van der Waals surface area (Å²) < 4.78 is 16.5. The second kappa shape index (κ2) is 5.75. The normalized spacial score (nSPS) is 13.4. The lowest BCUT2D eigenvalue weighted by Gasteiger charge is -2.30. The van der Waals surface area contributed by atoms with E-state index in [0.29, 0.717) is 5.75 Å². The first-order valence-electron chi connectivity index (χ1n) is 7.18. The van der Waals surface area contributed by atoms with Gasteiger partial charge in [0.2, 0.25) is 0 Å². The van der Waals surface area contributed by atoms with Crippen LogP contribution in [-0.2, 0) is 21.8 Å². The Labute approximate surface area is 127 Å². The molecule has 0 unspecified atom stereocenters. The molecular formula is C16H27O4P. The van der Waals surface area contributed by atoms with Crippen molar-refractivity contribution >= 4 is 7.82 Å². The van der Waals surface area contributed by atoms with Gasteiger partial charge in [-0.3, -0.25) is 9.79 Å². The zero-order valence-electron chi connectivity index (χ0n) is 14.0. The number of phosphoric acid groups is 1. The van der Waals surface area contributed by atoms with Gasteiger partial charge in [0.1, 0.15) is 5.75 Å². The van der Waals surface area contributed by atoms with Crippen molar-refractivity contribution in [3.63, 3.8) is 0 Å². The van der Waals surface area contributed by atoms with Crippen molar-refractivity contribution < 1.29 is 18.9 Å². The smallest absolute Gasteiger partial charge is 0.404 e. The number of hydrogen-bond acceptors (Lipinski definition) is 2. The summed E-state index contributed by atoms with van der Waals surface area (Å²) >= 11 is 0. The average molecular weight is 314 g/mol. The Balaban J connectivity index is 3.72. The van der Waals surface area contributed by atoms with Gasteiger partial charge in [0.25, 0.3) is 0 Å². The summed E-state index contributed by atoms with van der Waals surface area (Å²) in [5.41, 5.74) is 2.26. The van der Waals surface area contributed by atoms with Gasteiger partial charge in [-0.05, 0) is 22.8 Å². The molecule has 0 fully saturated rings. The summed E-state index contributed by atoms with van der Waals surface area (Å²) in [4.78, 5) is 18.5. The fraction of sp³-hybridized carbons (Fsp3) is 0.625. The van der Waals surface area contributed by atoms with E-state index in [-0.39, 0.29) is 10.8 Å². The topological polar surface area (TPSA) is 66.8 Å². The average Bonchev–Trinajstić information content (AvgIpc) is 2.23. The van der Waals surface area contributed by atoms with Gasteiger partial charge >= 0.3 is 7.82 Å². The zero-order valence-corrected chi connectivity index (χ0v) is 14.9. The summed E-state index contributed by atoms with van der Waals surface area (Å²) in [6.07, 6.45) is 0.863. The maximum absolute atomic E-state index is 11.4. The third kappa shape index (κ3) is 4.84. The van der Waals surface area contributed by atoms with Crippen molar-refractivity contribution in [3.8, 4) is 5.75 Å². The van der Waals surface area contributed by atoms with Crippen LogP contribution in [0.15, 0.2) is 12.1 Å². The fourth-order valence-electron chi connectivity index (χ4n) is 2.22. The summed E-state index contributed by atoms with van der Waals surface area (Å²) in [5.74, 6) is 0.320. The zero-order chi connectivity index (χ0) is 16.6. The van der Waals surface area contributed by atoms with Crippen LogP contribution in [0.4, 0.5) is 0 Å². The highest BCUT2D eigenvalue weighted by molar-refractivity contribution is 7.46. The molecule has 1 aromatic carbocycles. The van der Waals surface area contributed by atoms with Gasteiger partial charge < -0.3 is 4.52 Å². The Kier molecular flexibility index (Phi) is 4.99. The second-order valence-corrected chi connectivity index (χ2v) is 8.62. The molecule has 0 bridgehead atoms. The third-order valence-electron chi connectivity index (χ3n) is 3.38. The fourth-order valence-corrected chi connectivity index (χ4v) is 2.66. The van der Waals surface area contributed by atoms with E-state index in [1.807, 2.05) is 53.7 Å². The summed E-state index contributed by atoms with van der Waals surface area (Å²) in [6, 6.07) is 3.97. The van der Waals surface area contributed by atoms with Crippen LogP contribution in [0, 0.1) is 0 Å². The molecule has 0 aliphatic rings. The number of phosphoric ester groups is 1. The van der Waals surface area contributed by atoms with Crippen LogP contribution < -0.4 is 4.52 Å². The van der Waals surface area contributed by atoms with Crippen molar-refractivity contribution in [2.75, 3.05) is 0 Å². The predicted molar refractivity (Wildman–Crippen MR) is 85.9 cm³/mol. The Morgan fingerprint density at radius 1 is 1.00 bits per heavy atom. The van der Waals surface area contributed by atoms with Crippen LogP contribution >= 0.6 is 7.82 Å². The SMILES string of the molecule is CCc1cc(C(C)(C)C)c(OP(=O)(O)O)c(C(C)(C)C)c1. The summed E-state index contributed by atoms with van der Waals surface area (Å²) in [6.45, 7) is 14.2. The van der Waals surface area contributed by atoms with Gasteiger partial charge in [0.15, 0.2) is 0 Å². The molecule has 1 aromatic rings. The number of rotatable bonds is 3. The molecule has 1 rings (SSSR count). The van der Waals surface area contributed by atoms with Gasteiger partial charge in [-0.25, -0.2) is 4.57 Å². The van der Waals surface area contributed by atoms with Gasteiger partial charge in [-0.15, -0.1) is 0 Å². The number of hydrogen-bond donors (Lipinski definition) is 2. The number of aryl methyl sites for hydroxylation is 1. The lowest BCUT2D eigenvalue weighted by Crippen LogP contribution is -2.20. The van der Waals surface area contributed by atoms with E-state index < -0.39 is 7.82 Å². The standard InChI is InChI=1S/C16H27O4P/c1-8-11-9-12(15(2,3)4)14(20-21(17,18)19)13(10-11)16(5,6)7/h9-10H,8H2,1-7H3,(H2,17,18,19). The van der Waals surface area contributed by atoms with Gasteiger partial charge in [-0.1, -0.05) is 60.6 Å². The van der Waals surface area contributed by atoms with E-state index >= 15 is 0 Å². The van der Waals surface area contributed by atoms with Gasteiger partial charge in [-0.2, -0.15) is 0 Å². The summed E-state index contributed by atoms with van der Waals surface area (Å²) in [5, 5.41) is 0. The van der Waals surface area contributed by atoms with Crippen molar-refractivity contribution in [3.05, 3.63) is 28.8 Å². The third-order valence-corrected chi connectivity index (χ3v) is 3.80. The minimum absolute atomic E-state index is 0.268. The van der Waals surface area contributed by atoms with Gasteiger partial charge in [0, 0.05) is 11.1 Å². The first-order valence-corrected chi connectivity index (χ1v) is 8.71. The molecule has 0 atom stereocenters. The second-order valence-electron chi connectivity index (χ2n) is 7.46. The Morgan fingerprint density at radius 3 is 1.62 bits per heavy atom. The van der Waals surface area contributed by atoms with Gasteiger partial charge in [0.05, 0.1) is 0 Å². The highest BCUT2D eigenvalue weighted by Crippen LogP contribution is 2.47. The molecule has 21 heavy (non-hydrogen) atoms. The largest absolute Gasteiger partial charge is 0.524 e. The highest BCUT2D eigenvalue weighted by Gasteiger charge is 2.31. The Bertz CT molecular complexity index is 524. The predicted octanol–water partition coefficient (Wildman–Crippen LogP) is 4.32. The van der Waals surface area contributed by atoms with E-state index in [1.54, 1.807) is 0 Å². The summed E-state index contributed by atoms with van der Waals surface area (Å²) in [7, 11) is -4.60. The maximum Gasteiger partial charge on any atom is 0.524 e. The monoisotopic (exact) mass is 314 g/mol. The molecule has 0 saturated heterocycles. The van der Waals surface area contributed by atoms with E-state index in [4.69, 9.17) is 4.52 Å². The van der Waals surface area contributed by atoms with Crippen molar-refractivity contribution in [1.29, 1.82) is 0 Å². The molecule has 4 nitrogen and oxygen atoms in total. The van der Waals surface area contributed by atoms with Crippen molar-refractivity contribution in [2.24, 2.45) is 0 Å². The highest BCUT2D eigenvalue weighted by atomic mass is 31.2. The molecule has 0 saturated carbocycles. The van der Waals surface area contributed by atoms with Crippen LogP contribution in [0.3, 0.4) is 0 Å². The molecule has 5 heteroatoms. The Morgan fingerprint density at radius 2 is 1.38 bits per heavy atom. The van der Waals surface area contributed by atoms with Crippen molar-refractivity contribution in [1.82, 2.24) is 0 Å². The molecule has 0 spiro atoms. The van der Waals surface area contributed by atoms with Crippen LogP contribution in [0.2, 0.25) is 0 Å². The minimum atomic E-state index is -4.60. The first kappa shape index (κ1) is 18.2. The van der Waals surface area contributed by atoms with E-state index in [0.717, 1.165) is 23.1 Å². The Hall–Kier alpha value is -0.830. The van der Waals surface area contributed by atoms with E-state index in [9.17, 15) is 14.4 Å². The molecular weight excluding hydrogens is 287 g/mol. The van der Waals surface area contributed by atoms with Crippen LogP contribution in [0.5, 0.6) is 5.75 Å². The van der Waals surface area contributed by atoms with Crippen molar-refractivity contribution in [2.45, 2.75) is 65.7 Å². The minimum Gasteiger partial charge on any atom is -0.404 e. The van der Waals surface area contributed by atoms with E-state index in [1.165, 1.54) is 0 Å². The maximum atomic E-state index is 11.4. The molecule has 0 aliphatic heterocycles.